The van der Waals surface area contributed by atoms with Crippen LogP contribution >= 0.6 is 8.25 Å². The van der Waals surface area contributed by atoms with Crippen LogP contribution in [0.25, 0.3) is 0 Å². The Labute approximate surface area is 166 Å². The molecular formula is C19H31N2O6P. The summed E-state index contributed by atoms with van der Waals surface area (Å²) in [5, 5.41) is 6.05. The normalized spacial score (nSPS) is 19.9. The molecular weight excluding hydrogens is 383 g/mol. The number of hydrogen-bond donors (Lipinski definition) is 3. The standard InChI is InChI=1S/C19H31N2O6P/c1-14(2)11-20-12-18(27-28(23)24)17(10-15-6-4-3-5-7-15)21-19(22)26-16-8-9-25-13-16/h3-7,14,16-18,20,28H,8-13H2,1-2H3,(H,21,22)(H,23,24)/t16-,17-,18+/m0/s1. The first-order valence-corrected chi connectivity index (χ1v) is 10.9. The SMILES string of the molecule is CC(C)CNC[C@@H](O[PH](=O)O)[C@H](Cc1ccccc1)NC(=O)O[C@H]1CCOC1. The van der Waals surface area contributed by atoms with Crippen LogP contribution < -0.4 is 10.6 Å². The van der Waals surface area contributed by atoms with Gasteiger partial charge in [-0.3, -0.25) is 4.57 Å². The summed E-state index contributed by atoms with van der Waals surface area (Å²) in [5.41, 5.74) is 0.979. The maximum Gasteiger partial charge on any atom is 0.407 e. The molecule has 1 aromatic carbocycles. The Balaban J connectivity index is 2.07. The second kappa shape index (κ2) is 12.2. The molecule has 0 aliphatic carbocycles. The first kappa shape index (κ1) is 22.8. The average molecular weight is 414 g/mol. The molecule has 1 fully saturated rings. The first-order chi connectivity index (χ1) is 13.4. The van der Waals surface area contributed by atoms with E-state index >= 15 is 0 Å². The third-order valence-electron chi connectivity index (χ3n) is 4.36. The molecule has 1 amide bonds. The van der Waals surface area contributed by atoms with Crippen molar-refractivity contribution in [3.8, 4) is 0 Å². The Bertz CT molecular complexity index is 610. The third-order valence-corrected chi connectivity index (χ3v) is 4.87. The fourth-order valence-electron chi connectivity index (χ4n) is 3.00. The summed E-state index contributed by atoms with van der Waals surface area (Å²) in [6.45, 7) is 6.16. The molecule has 1 heterocycles. The van der Waals surface area contributed by atoms with Crippen molar-refractivity contribution in [3.05, 3.63) is 35.9 Å². The van der Waals surface area contributed by atoms with Crippen LogP contribution in [0.3, 0.4) is 0 Å². The van der Waals surface area contributed by atoms with E-state index in [4.69, 9.17) is 14.0 Å². The highest BCUT2D eigenvalue weighted by Gasteiger charge is 2.28. The van der Waals surface area contributed by atoms with E-state index in [0.29, 0.717) is 38.5 Å². The Morgan fingerprint density at radius 3 is 2.68 bits per heavy atom. The summed E-state index contributed by atoms with van der Waals surface area (Å²) in [7, 11) is -3.18. The van der Waals surface area contributed by atoms with Crippen LogP contribution in [0.5, 0.6) is 0 Å². The smallest absolute Gasteiger partial charge is 0.407 e. The molecule has 9 heteroatoms. The summed E-state index contributed by atoms with van der Waals surface area (Å²) >= 11 is 0. The second-order valence-corrected chi connectivity index (χ2v) is 8.07. The Morgan fingerprint density at radius 1 is 1.32 bits per heavy atom. The molecule has 4 atom stereocenters. The Morgan fingerprint density at radius 2 is 2.07 bits per heavy atom. The van der Waals surface area contributed by atoms with Crippen molar-refractivity contribution in [2.75, 3.05) is 26.3 Å². The van der Waals surface area contributed by atoms with Crippen molar-refractivity contribution < 1.29 is 28.3 Å². The molecule has 8 nitrogen and oxygen atoms in total. The molecule has 0 aromatic heterocycles. The molecule has 28 heavy (non-hydrogen) atoms. The summed E-state index contributed by atoms with van der Waals surface area (Å²) in [5.74, 6) is 0.416. The van der Waals surface area contributed by atoms with Gasteiger partial charge < -0.3 is 29.5 Å². The molecule has 0 saturated carbocycles. The predicted molar refractivity (Wildman–Crippen MR) is 107 cm³/mol. The second-order valence-electron chi connectivity index (χ2n) is 7.31. The highest BCUT2D eigenvalue weighted by molar-refractivity contribution is 7.32. The molecule has 3 N–H and O–H groups in total. The zero-order valence-corrected chi connectivity index (χ0v) is 17.4. The van der Waals surface area contributed by atoms with E-state index < -0.39 is 26.5 Å². The number of alkyl carbamates (subject to hydrolysis) is 1. The lowest BCUT2D eigenvalue weighted by molar-refractivity contribution is 0.0719. The first-order valence-electron chi connectivity index (χ1n) is 9.63. The highest BCUT2D eigenvalue weighted by Crippen LogP contribution is 2.22. The monoisotopic (exact) mass is 414 g/mol. The van der Waals surface area contributed by atoms with Gasteiger partial charge in [-0.2, -0.15) is 0 Å². The van der Waals surface area contributed by atoms with E-state index in [1.807, 2.05) is 30.3 Å². The molecule has 0 bridgehead atoms. The lowest BCUT2D eigenvalue weighted by Crippen LogP contribution is -2.50. The van der Waals surface area contributed by atoms with Crippen molar-refractivity contribution in [1.29, 1.82) is 0 Å². The van der Waals surface area contributed by atoms with Gasteiger partial charge in [0.25, 0.3) is 0 Å². The van der Waals surface area contributed by atoms with Gasteiger partial charge >= 0.3 is 14.3 Å². The predicted octanol–water partition coefficient (Wildman–Crippen LogP) is 2.13. The molecule has 1 aromatic rings. The van der Waals surface area contributed by atoms with Gasteiger partial charge in [-0.05, 0) is 24.4 Å². The molecule has 1 saturated heterocycles. The molecule has 2 rings (SSSR count). The number of ether oxygens (including phenoxy) is 2. The van der Waals surface area contributed by atoms with E-state index in [9.17, 15) is 14.3 Å². The van der Waals surface area contributed by atoms with Crippen molar-refractivity contribution in [2.45, 2.75) is 44.9 Å². The molecule has 1 unspecified atom stereocenters. The summed E-state index contributed by atoms with van der Waals surface area (Å²) in [6.07, 6.45) is -0.418. The number of rotatable bonds is 11. The number of hydrogen-bond acceptors (Lipinski definition) is 6. The van der Waals surface area contributed by atoms with Gasteiger partial charge in [0.15, 0.2) is 0 Å². The zero-order chi connectivity index (χ0) is 20.4. The zero-order valence-electron chi connectivity index (χ0n) is 16.4. The maximum absolute atomic E-state index is 12.4. The van der Waals surface area contributed by atoms with Crippen LogP contribution in [-0.4, -0.2) is 55.5 Å². The van der Waals surface area contributed by atoms with Crippen LogP contribution in [0.15, 0.2) is 30.3 Å². The minimum atomic E-state index is -3.18. The van der Waals surface area contributed by atoms with Gasteiger partial charge in [0, 0.05) is 13.0 Å². The highest BCUT2D eigenvalue weighted by atomic mass is 31.1. The quantitative estimate of drug-likeness (QED) is 0.476. The third kappa shape index (κ3) is 8.71. The van der Waals surface area contributed by atoms with Gasteiger partial charge in [-0.25, -0.2) is 4.79 Å². The van der Waals surface area contributed by atoms with E-state index in [-0.39, 0.29) is 6.10 Å². The van der Waals surface area contributed by atoms with Crippen LogP contribution in [0.2, 0.25) is 0 Å². The van der Waals surface area contributed by atoms with E-state index in [0.717, 1.165) is 12.1 Å². The van der Waals surface area contributed by atoms with Crippen LogP contribution in [0, 0.1) is 5.92 Å². The maximum atomic E-state index is 12.4. The fraction of sp³-hybridized carbons (Fsp3) is 0.632. The minimum absolute atomic E-state index is 0.271. The molecule has 158 valence electrons. The lowest BCUT2D eigenvalue weighted by Gasteiger charge is -2.28. The number of carbonyl (C=O) groups excluding carboxylic acids is 1. The molecule has 0 spiro atoms. The van der Waals surface area contributed by atoms with Crippen molar-refractivity contribution >= 4 is 14.3 Å². The van der Waals surface area contributed by atoms with Crippen molar-refractivity contribution in [2.24, 2.45) is 5.92 Å². The van der Waals surface area contributed by atoms with Gasteiger partial charge in [0.1, 0.15) is 6.10 Å². The van der Waals surface area contributed by atoms with Crippen LogP contribution in [0.4, 0.5) is 4.79 Å². The minimum Gasteiger partial charge on any atom is -0.444 e. The Hall–Kier alpha value is -1.44. The molecule has 1 aliphatic rings. The van der Waals surface area contributed by atoms with Gasteiger partial charge in [0.05, 0.1) is 25.4 Å². The van der Waals surface area contributed by atoms with Crippen LogP contribution in [0.1, 0.15) is 25.8 Å². The van der Waals surface area contributed by atoms with E-state index in [1.54, 1.807) is 0 Å². The van der Waals surface area contributed by atoms with Gasteiger partial charge in [-0.15, -0.1) is 0 Å². The summed E-state index contributed by atoms with van der Waals surface area (Å²) in [6, 6.07) is 9.06. The summed E-state index contributed by atoms with van der Waals surface area (Å²) < 4.78 is 27.3. The average Bonchev–Trinajstić information content (AvgIpc) is 3.13. The number of nitrogens with one attached hydrogen (secondary N) is 2. The topological polar surface area (TPSA) is 106 Å². The largest absolute Gasteiger partial charge is 0.444 e. The number of amides is 1. The molecule has 1 aliphatic heterocycles. The Kier molecular flexibility index (Phi) is 9.95. The van der Waals surface area contributed by atoms with E-state index in [1.165, 1.54) is 0 Å². The summed E-state index contributed by atoms with van der Waals surface area (Å²) in [4.78, 5) is 21.7. The van der Waals surface area contributed by atoms with E-state index in [2.05, 4.69) is 24.5 Å². The van der Waals surface area contributed by atoms with Gasteiger partial charge in [-0.1, -0.05) is 44.2 Å². The number of carbonyl (C=O) groups is 1. The van der Waals surface area contributed by atoms with Crippen molar-refractivity contribution in [3.63, 3.8) is 0 Å². The lowest BCUT2D eigenvalue weighted by atomic mass is 10.0. The fourth-order valence-corrected chi connectivity index (χ4v) is 3.50. The van der Waals surface area contributed by atoms with Gasteiger partial charge in [0.2, 0.25) is 0 Å². The molecule has 0 radical (unpaired) electrons. The number of benzene rings is 1. The van der Waals surface area contributed by atoms with Crippen molar-refractivity contribution in [1.82, 2.24) is 10.6 Å². The van der Waals surface area contributed by atoms with Crippen LogP contribution in [-0.2, 0) is 25.0 Å².